The van der Waals surface area contributed by atoms with Crippen molar-refractivity contribution in [3.8, 4) is 0 Å². The van der Waals surface area contributed by atoms with Gasteiger partial charge in [0.15, 0.2) is 0 Å². The smallest absolute Gasteiger partial charge is 0.0574 e. The lowest BCUT2D eigenvalue weighted by molar-refractivity contribution is 0.682. The molecule has 88 valence electrons. The fraction of sp³-hybridized carbons (Fsp3) is 0.0769. The van der Waals surface area contributed by atoms with Gasteiger partial charge in [0.1, 0.15) is 0 Å². The Balaban J connectivity index is 2.11. The van der Waals surface area contributed by atoms with Gasteiger partial charge < -0.3 is 0 Å². The Morgan fingerprint density at radius 2 is 1.59 bits per heavy atom. The Hall–Kier alpha value is -0.200. The van der Waals surface area contributed by atoms with E-state index in [1.165, 1.54) is 0 Å². The Morgan fingerprint density at radius 3 is 2.18 bits per heavy atom. The Labute approximate surface area is 125 Å². The van der Waals surface area contributed by atoms with Crippen LogP contribution in [0.3, 0.4) is 0 Å². The van der Waals surface area contributed by atoms with Crippen molar-refractivity contribution < 1.29 is 4.21 Å². The second kappa shape index (κ2) is 6.11. The van der Waals surface area contributed by atoms with Crippen LogP contribution in [0.4, 0.5) is 0 Å². The van der Waals surface area contributed by atoms with Gasteiger partial charge in [-0.25, -0.2) is 0 Å². The van der Waals surface area contributed by atoms with Crippen LogP contribution in [0.25, 0.3) is 0 Å². The van der Waals surface area contributed by atoms with E-state index in [1.807, 2.05) is 48.5 Å². The molecule has 0 bridgehead atoms. The quantitative estimate of drug-likeness (QED) is 0.674. The highest BCUT2D eigenvalue weighted by Crippen LogP contribution is 2.16. The first-order valence-corrected chi connectivity index (χ1v) is 8.22. The molecule has 17 heavy (non-hydrogen) atoms. The van der Waals surface area contributed by atoms with Gasteiger partial charge in [0, 0.05) is 12.9 Å². The van der Waals surface area contributed by atoms with Crippen LogP contribution in [0.5, 0.6) is 0 Å². The molecule has 1 unspecified atom stereocenters. The standard InChI is InChI=1S/C13H10BrIOS/c14-11-3-1-10(2-4-11)9-17(16)13-7-5-12(15)6-8-13/h1-8H,9H2. The number of halogens is 2. The molecule has 2 aromatic rings. The van der Waals surface area contributed by atoms with Crippen LogP contribution >= 0.6 is 38.5 Å². The number of hydrogen-bond acceptors (Lipinski definition) is 1. The fourth-order valence-electron chi connectivity index (χ4n) is 1.40. The largest absolute Gasteiger partial charge is 0.254 e. The van der Waals surface area contributed by atoms with Crippen molar-refractivity contribution in [3.63, 3.8) is 0 Å². The lowest BCUT2D eigenvalue weighted by Gasteiger charge is -2.03. The van der Waals surface area contributed by atoms with Crippen molar-refractivity contribution in [2.24, 2.45) is 0 Å². The molecule has 0 saturated carbocycles. The molecule has 0 aliphatic carbocycles. The molecular formula is C13H10BrIOS. The summed E-state index contributed by atoms with van der Waals surface area (Å²) in [4.78, 5) is 0.883. The van der Waals surface area contributed by atoms with Gasteiger partial charge in [0.2, 0.25) is 0 Å². The van der Waals surface area contributed by atoms with Crippen molar-refractivity contribution in [2.75, 3.05) is 0 Å². The predicted molar refractivity (Wildman–Crippen MR) is 83.4 cm³/mol. The summed E-state index contributed by atoms with van der Waals surface area (Å²) in [7, 11) is -0.968. The highest BCUT2D eigenvalue weighted by molar-refractivity contribution is 14.1. The zero-order chi connectivity index (χ0) is 12.3. The zero-order valence-electron chi connectivity index (χ0n) is 8.90. The van der Waals surface area contributed by atoms with Crippen molar-refractivity contribution in [2.45, 2.75) is 10.6 Å². The summed E-state index contributed by atoms with van der Waals surface area (Å²) >= 11 is 5.63. The summed E-state index contributed by atoms with van der Waals surface area (Å²) in [6.07, 6.45) is 0. The average molecular weight is 421 g/mol. The van der Waals surface area contributed by atoms with E-state index < -0.39 is 10.8 Å². The van der Waals surface area contributed by atoms with Gasteiger partial charge in [-0.05, 0) is 64.6 Å². The molecule has 0 aromatic heterocycles. The highest BCUT2D eigenvalue weighted by Gasteiger charge is 2.04. The summed E-state index contributed by atoms with van der Waals surface area (Å²) in [6, 6.07) is 15.8. The van der Waals surface area contributed by atoms with E-state index in [2.05, 4.69) is 38.5 Å². The van der Waals surface area contributed by atoms with Crippen molar-refractivity contribution in [1.82, 2.24) is 0 Å². The molecule has 2 aromatic carbocycles. The van der Waals surface area contributed by atoms with Gasteiger partial charge in [-0.3, -0.25) is 4.21 Å². The molecule has 1 atom stereocenters. The first-order chi connectivity index (χ1) is 8.15. The molecule has 2 rings (SSSR count). The van der Waals surface area contributed by atoms with Gasteiger partial charge in [-0.1, -0.05) is 28.1 Å². The second-order valence-electron chi connectivity index (χ2n) is 3.57. The molecule has 0 aliphatic heterocycles. The minimum atomic E-state index is -0.968. The minimum absolute atomic E-state index is 0.563. The van der Waals surface area contributed by atoms with E-state index in [0.717, 1.165) is 18.5 Å². The maximum atomic E-state index is 12.1. The van der Waals surface area contributed by atoms with Crippen molar-refractivity contribution in [3.05, 3.63) is 62.1 Å². The van der Waals surface area contributed by atoms with Crippen LogP contribution in [0.15, 0.2) is 57.9 Å². The normalized spacial score (nSPS) is 12.4. The van der Waals surface area contributed by atoms with E-state index in [-0.39, 0.29) is 0 Å². The van der Waals surface area contributed by atoms with E-state index in [0.29, 0.717) is 5.75 Å². The number of hydrogen-bond donors (Lipinski definition) is 0. The van der Waals surface area contributed by atoms with E-state index in [1.54, 1.807) is 0 Å². The third kappa shape index (κ3) is 3.89. The highest BCUT2D eigenvalue weighted by atomic mass is 127. The molecule has 0 radical (unpaired) electrons. The lowest BCUT2D eigenvalue weighted by atomic mass is 10.2. The van der Waals surface area contributed by atoms with E-state index in [9.17, 15) is 4.21 Å². The summed E-state index contributed by atoms with van der Waals surface area (Å²) in [5.41, 5.74) is 1.09. The van der Waals surface area contributed by atoms with Crippen LogP contribution < -0.4 is 0 Å². The summed E-state index contributed by atoms with van der Waals surface area (Å²) < 4.78 is 14.3. The monoisotopic (exact) mass is 420 g/mol. The third-order valence-electron chi connectivity index (χ3n) is 2.29. The van der Waals surface area contributed by atoms with Gasteiger partial charge in [-0.15, -0.1) is 0 Å². The van der Waals surface area contributed by atoms with Gasteiger partial charge >= 0.3 is 0 Å². The first-order valence-electron chi connectivity index (χ1n) is 5.03. The van der Waals surface area contributed by atoms with Crippen LogP contribution in [-0.2, 0) is 16.6 Å². The van der Waals surface area contributed by atoms with Crippen LogP contribution in [0.1, 0.15) is 5.56 Å². The molecule has 0 saturated heterocycles. The lowest BCUT2D eigenvalue weighted by Crippen LogP contribution is -1.96. The maximum absolute atomic E-state index is 12.1. The molecule has 0 heterocycles. The minimum Gasteiger partial charge on any atom is -0.254 e. The summed E-state index contributed by atoms with van der Waals surface area (Å²) in [5, 5.41) is 0. The van der Waals surface area contributed by atoms with Gasteiger partial charge in [0.25, 0.3) is 0 Å². The topological polar surface area (TPSA) is 17.1 Å². The summed E-state index contributed by atoms with van der Waals surface area (Å²) in [6.45, 7) is 0. The average Bonchev–Trinajstić information content (AvgIpc) is 2.33. The number of benzene rings is 2. The SMILES string of the molecule is O=S(Cc1ccc(Br)cc1)c1ccc(I)cc1. The Kier molecular flexibility index (Phi) is 4.76. The Bertz CT molecular complexity index is 522. The fourth-order valence-corrected chi connectivity index (χ4v) is 3.13. The molecule has 0 amide bonds. The Morgan fingerprint density at radius 1 is 1.00 bits per heavy atom. The molecule has 0 fully saturated rings. The third-order valence-corrected chi connectivity index (χ3v) is 4.93. The molecule has 4 heteroatoms. The van der Waals surface area contributed by atoms with Crippen LogP contribution in [-0.4, -0.2) is 4.21 Å². The summed E-state index contributed by atoms with van der Waals surface area (Å²) in [5.74, 6) is 0.563. The van der Waals surface area contributed by atoms with Gasteiger partial charge in [-0.2, -0.15) is 0 Å². The van der Waals surface area contributed by atoms with Crippen LogP contribution in [0.2, 0.25) is 0 Å². The van der Waals surface area contributed by atoms with E-state index >= 15 is 0 Å². The second-order valence-corrected chi connectivity index (χ2v) is 7.18. The maximum Gasteiger partial charge on any atom is 0.0574 e. The first kappa shape index (κ1) is 13.2. The molecular weight excluding hydrogens is 411 g/mol. The number of rotatable bonds is 3. The van der Waals surface area contributed by atoms with Gasteiger partial charge in [0.05, 0.1) is 16.6 Å². The van der Waals surface area contributed by atoms with Crippen molar-refractivity contribution in [1.29, 1.82) is 0 Å². The van der Waals surface area contributed by atoms with Crippen molar-refractivity contribution >= 4 is 49.3 Å². The molecule has 0 aliphatic rings. The zero-order valence-corrected chi connectivity index (χ0v) is 13.5. The van der Waals surface area contributed by atoms with Crippen LogP contribution in [0, 0.1) is 3.57 Å². The molecule has 0 N–H and O–H groups in total. The molecule has 0 spiro atoms. The van der Waals surface area contributed by atoms with E-state index in [4.69, 9.17) is 0 Å². The predicted octanol–water partition coefficient (Wildman–Crippen LogP) is 4.36. The molecule has 1 nitrogen and oxygen atoms in total.